The normalized spacial score (nSPS) is 23.8. The summed E-state index contributed by atoms with van der Waals surface area (Å²) in [7, 11) is 1.68. The van der Waals surface area contributed by atoms with E-state index >= 15 is 0 Å². The molecule has 0 saturated carbocycles. The second kappa shape index (κ2) is 7.37. The Morgan fingerprint density at radius 1 is 1.27 bits per heavy atom. The lowest BCUT2D eigenvalue weighted by atomic mass is 9.97. The van der Waals surface area contributed by atoms with Gasteiger partial charge in [-0.15, -0.1) is 0 Å². The molecule has 22 heavy (non-hydrogen) atoms. The zero-order valence-corrected chi connectivity index (χ0v) is 13.0. The first kappa shape index (κ1) is 15.7. The molecule has 1 unspecified atom stereocenters. The maximum absolute atomic E-state index is 5.66. The Bertz CT molecular complexity index is 466. The summed E-state index contributed by atoms with van der Waals surface area (Å²) in [5.74, 6) is 0.578. The molecule has 6 nitrogen and oxygen atoms in total. The van der Waals surface area contributed by atoms with E-state index < -0.39 is 5.60 Å². The molecule has 2 saturated heterocycles. The van der Waals surface area contributed by atoms with Gasteiger partial charge in [-0.05, 0) is 25.3 Å². The number of methoxy groups -OCH3 is 1. The molecule has 6 heteroatoms. The lowest BCUT2D eigenvalue weighted by molar-refractivity contribution is -0.204. The van der Waals surface area contributed by atoms with Crippen molar-refractivity contribution >= 4 is 0 Å². The summed E-state index contributed by atoms with van der Waals surface area (Å²) in [6, 6.07) is 5.69. The van der Waals surface area contributed by atoms with Gasteiger partial charge in [0, 0.05) is 19.8 Å². The molecular weight excluding hydrogens is 286 g/mol. The van der Waals surface area contributed by atoms with Crippen molar-refractivity contribution in [1.82, 2.24) is 4.98 Å². The van der Waals surface area contributed by atoms with Crippen molar-refractivity contribution in [2.75, 3.05) is 40.1 Å². The van der Waals surface area contributed by atoms with Crippen LogP contribution in [0.2, 0.25) is 0 Å². The molecule has 0 bridgehead atoms. The lowest BCUT2D eigenvalue weighted by Gasteiger charge is -2.39. The number of hydrogen-bond acceptors (Lipinski definition) is 6. The number of rotatable bonds is 7. The number of ether oxygens (including phenoxy) is 5. The van der Waals surface area contributed by atoms with E-state index in [0.717, 1.165) is 31.6 Å². The van der Waals surface area contributed by atoms with Gasteiger partial charge < -0.3 is 23.7 Å². The fraction of sp³-hybridized carbons (Fsp3) is 0.688. The predicted molar refractivity (Wildman–Crippen MR) is 78.8 cm³/mol. The SMILES string of the molecule is COC1(c2cccc(OCCOC3CCCCO3)n2)COC1. The first-order valence-electron chi connectivity index (χ1n) is 7.79. The number of hydrogen-bond donors (Lipinski definition) is 0. The highest BCUT2D eigenvalue weighted by Gasteiger charge is 2.42. The van der Waals surface area contributed by atoms with Gasteiger partial charge in [0.05, 0.1) is 25.5 Å². The van der Waals surface area contributed by atoms with Gasteiger partial charge in [-0.3, -0.25) is 0 Å². The molecule has 1 atom stereocenters. The van der Waals surface area contributed by atoms with Crippen molar-refractivity contribution < 1.29 is 23.7 Å². The smallest absolute Gasteiger partial charge is 0.213 e. The Labute approximate surface area is 130 Å². The minimum atomic E-state index is -0.425. The van der Waals surface area contributed by atoms with Crippen molar-refractivity contribution in [2.45, 2.75) is 31.2 Å². The molecular formula is C16H23NO5. The molecule has 0 aromatic carbocycles. The molecule has 0 aliphatic carbocycles. The van der Waals surface area contributed by atoms with Crippen LogP contribution in [0, 0.1) is 0 Å². The average Bonchev–Trinajstić information content (AvgIpc) is 2.53. The van der Waals surface area contributed by atoms with E-state index in [4.69, 9.17) is 23.7 Å². The molecule has 0 spiro atoms. The predicted octanol–water partition coefficient (Wildman–Crippen LogP) is 1.88. The highest BCUT2D eigenvalue weighted by atomic mass is 16.7. The first-order valence-corrected chi connectivity index (χ1v) is 7.79. The Hall–Kier alpha value is -1.21. The molecule has 2 aliphatic rings. The van der Waals surface area contributed by atoms with E-state index in [1.54, 1.807) is 7.11 Å². The molecule has 3 rings (SSSR count). The zero-order valence-electron chi connectivity index (χ0n) is 13.0. The second-order valence-electron chi connectivity index (χ2n) is 5.57. The molecule has 0 radical (unpaired) electrons. The highest BCUT2D eigenvalue weighted by molar-refractivity contribution is 5.22. The summed E-state index contributed by atoms with van der Waals surface area (Å²) in [6.45, 7) is 2.79. The summed E-state index contributed by atoms with van der Waals surface area (Å²) in [5, 5.41) is 0. The molecule has 2 fully saturated rings. The van der Waals surface area contributed by atoms with Crippen molar-refractivity contribution in [3.8, 4) is 5.88 Å². The van der Waals surface area contributed by atoms with E-state index in [1.807, 2.05) is 18.2 Å². The zero-order chi connectivity index (χ0) is 15.3. The van der Waals surface area contributed by atoms with Crippen LogP contribution in [0.25, 0.3) is 0 Å². The second-order valence-corrected chi connectivity index (χ2v) is 5.57. The third-order valence-electron chi connectivity index (χ3n) is 4.03. The van der Waals surface area contributed by atoms with Crippen LogP contribution < -0.4 is 4.74 Å². The van der Waals surface area contributed by atoms with Gasteiger partial charge in [0.1, 0.15) is 6.61 Å². The Kier molecular flexibility index (Phi) is 5.25. The van der Waals surface area contributed by atoms with Crippen LogP contribution in [0.15, 0.2) is 18.2 Å². The van der Waals surface area contributed by atoms with Gasteiger partial charge in [-0.2, -0.15) is 0 Å². The van der Waals surface area contributed by atoms with Gasteiger partial charge >= 0.3 is 0 Å². The van der Waals surface area contributed by atoms with Crippen LogP contribution in [0.3, 0.4) is 0 Å². The summed E-state index contributed by atoms with van der Waals surface area (Å²) in [5.41, 5.74) is 0.418. The topological polar surface area (TPSA) is 59.0 Å². The van der Waals surface area contributed by atoms with E-state index in [2.05, 4.69) is 4.98 Å². The fourth-order valence-corrected chi connectivity index (χ4v) is 2.58. The van der Waals surface area contributed by atoms with E-state index in [9.17, 15) is 0 Å². The Morgan fingerprint density at radius 3 is 2.86 bits per heavy atom. The number of nitrogens with zero attached hydrogens (tertiary/aromatic N) is 1. The van der Waals surface area contributed by atoms with E-state index in [1.165, 1.54) is 0 Å². The van der Waals surface area contributed by atoms with Gasteiger partial charge in [-0.1, -0.05) is 6.07 Å². The summed E-state index contributed by atoms with van der Waals surface area (Å²) in [6.07, 6.45) is 3.17. The molecule has 3 heterocycles. The van der Waals surface area contributed by atoms with Crippen molar-refractivity contribution in [1.29, 1.82) is 0 Å². The third kappa shape index (κ3) is 3.57. The monoisotopic (exact) mass is 309 g/mol. The summed E-state index contributed by atoms with van der Waals surface area (Å²) < 4.78 is 27.6. The van der Waals surface area contributed by atoms with Crippen molar-refractivity contribution in [2.24, 2.45) is 0 Å². The molecule has 122 valence electrons. The van der Waals surface area contributed by atoms with Crippen LogP contribution in [-0.2, 0) is 24.5 Å². The molecule has 1 aromatic rings. The fourth-order valence-electron chi connectivity index (χ4n) is 2.58. The largest absolute Gasteiger partial charge is 0.475 e. The van der Waals surface area contributed by atoms with Crippen molar-refractivity contribution in [3.05, 3.63) is 23.9 Å². The third-order valence-corrected chi connectivity index (χ3v) is 4.03. The van der Waals surface area contributed by atoms with E-state index in [-0.39, 0.29) is 6.29 Å². The van der Waals surface area contributed by atoms with E-state index in [0.29, 0.717) is 32.3 Å². The average molecular weight is 309 g/mol. The van der Waals surface area contributed by atoms with Crippen molar-refractivity contribution in [3.63, 3.8) is 0 Å². The van der Waals surface area contributed by atoms with Gasteiger partial charge in [0.2, 0.25) is 5.88 Å². The van der Waals surface area contributed by atoms with Gasteiger partial charge in [-0.25, -0.2) is 4.98 Å². The Balaban J connectivity index is 1.46. The summed E-state index contributed by atoms with van der Waals surface area (Å²) >= 11 is 0. The minimum Gasteiger partial charge on any atom is -0.475 e. The van der Waals surface area contributed by atoms with Crippen LogP contribution in [0.1, 0.15) is 25.0 Å². The highest BCUT2D eigenvalue weighted by Crippen LogP contribution is 2.32. The van der Waals surface area contributed by atoms with Gasteiger partial charge in [0.15, 0.2) is 11.9 Å². The molecule has 1 aromatic heterocycles. The number of aromatic nitrogens is 1. The van der Waals surface area contributed by atoms with Crippen LogP contribution in [-0.4, -0.2) is 51.4 Å². The number of pyridine rings is 1. The minimum absolute atomic E-state index is 0.0828. The van der Waals surface area contributed by atoms with Crippen LogP contribution in [0.5, 0.6) is 5.88 Å². The van der Waals surface area contributed by atoms with Gasteiger partial charge in [0.25, 0.3) is 0 Å². The molecule has 0 N–H and O–H groups in total. The quantitative estimate of drug-likeness (QED) is 0.717. The first-order chi connectivity index (χ1) is 10.8. The maximum Gasteiger partial charge on any atom is 0.213 e. The lowest BCUT2D eigenvalue weighted by Crippen LogP contribution is -2.48. The van der Waals surface area contributed by atoms with Crippen LogP contribution >= 0.6 is 0 Å². The molecule has 2 aliphatic heterocycles. The summed E-state index contributed by atoms with van der Waals surface area (Å²) in [4.78, 5) is 4.51. The van der Waals surface area contributed by atoms with Crippen LogP contribution in [0.4, 0.5) is 0 Å². The molecule has 0 amide bonds. The standard InChI is InChI=1S/C16H23NO5/c1-18-16(11-19-12-16)13-5-4-6-14(17-13)20-9-10-22-15-7-2-3-8-21-15/h4-6,15H,2-3,7-12H2,1H3. The Morgan fingerprint density at radius 2 is 2.18 bits per heavy atom. The maximum atomic E-state index is 5.66.